The van der Waals surface area contributed by atoms with E-state index in [1.165, 1.54) is 0 Å². The number of nitrogens with one attached hydrogen (secondary N) is 2. The summed E-state index contributed by atoms with van der Waals surface area (Å²) in [5.74, 6) is 0. The summed E-state index contributed by atoms with van der Waals surface area (Å²) in [6, 6.07) is 7.12. The topological polar surface area (TPSA) is 82.4 Å². The smallest absolute Gasteiger partial charge is 0.319 e. The number of nitrogens with zero attached hydrogens (tertiary/aromatic N) is 3. The highest BCUT2D eigenvalue weighted by Crippen LogP contribution is 2.19. The van der Waals surface area contributed by atoms with Gasteiger partial charge in [0.2, 0.25) is 0 Å². The molecule has 0 saturated carbocycles. The number of amides is 2. The lowest BCUT2D eigenvalue weighted by atomic mass is 10.00. The highest BCUT2D eigenvalue weighted by Gasteiger charge is 2.25. The van der Waals surface area contributed by atoms with Crippen molar-refractivity contribution in [2.45, 2.75) is 12.5 Å². The van der Waals surface area contributed by atoms with Crippen molar-refractivity contribution in [3.63, 3.8) is 0 Å². The largest absolute Gasteiger partial charge is 0.383 e. The number of carbonyl (C=O) groups excluding carboxylic acids is 1. The monoisotopic (exact) mass is 317 g/mol. The molecule has 1 atom stereocenters. The average molecular weight is 317 g/mol. The highest BCUT2D eigenvalue weighted by molar-refractivity contribution is 5.89. The molecule has 0 aliphatic rings. The second kappa shape index (κ2) is 6.70. The molecule has 0 bridgehead atoms. The molecule has 2 amide bonds. The summed E-state index contributed by atoms with van der Waals surface area (Å²) < 4.78 is 1.61. The minimum absolute atomic E-state index is 0.0836. The third-order valence-electron chi connectivity index (χ3n) is 3.56. The van der Waals surface area contributed by atoms with Gasteiger partial charge in [-0.3, -0.25) is 4.68 Å². The molecule has 0 saturated heterocycles. The van der Waals surface area contributed by atoms with Gasteiger partial charge in [-0.15, -0.1) is 0 Å². The van der Waals surface area contributed by atoms with Crippen LogP contribution in [0.3, 0.4) is 0 Å². The summed E-state index contributed by atoms with van der Waals surface area (Å²) in [5.41, 5.74) is 1.21. The van der Waals surface area contributed by atoms with E-state index in [0.717, 1.165) is 5.69 Å². The van der Waals surface area contributed by atoms with Crippen LogP contribution in [0.4, 0.5) is 16.2 Å². The molecule has 3 N–H and O–H groups in total. The van der Waals surface area contributed by atoms with Crippen molar-refractivity contribution in [2.24, 2.45) is 7.05 Å². The van der Waals surface area contributed by atoms with Gasteiger partial charge in [-0.1, -0.05) is 0 Å². The van der Waals surface area contributed by atoms with Crippen LogP contribution >= 0.6 is 0 Å². The van der Waals surface area contributed by atoms with E-state index in [2.05, 4.69) is 15.7 Å². The number of aliphatic hydroxyl groups is 1. The lowest BCUT2D eigenvalue weighted by Gasteiger charge is -2.22. The molecule has 0 fully saturated rings. The number of hydrogen-bond acceptors (Lipinski definition) is 4. The van der Waals surface area contributed by atoms with Crippen molar-refractivity contribution < 1.29 is 9.90 Å². The van der Waals surface area contributed by atoms with Gasteiger partial charge in [0.15, 0.2) is 0 Å². The Hall–Kier alpha value is -2.54. The van der Waals surface area contributed by atoms with Crippen LogP contribution in [0.25, 0.3) is 0 Å². The molecule has 1 unspecified atom stereocenters. The molecule has 0 aliphatic heterocycles. The zero-order chi connectivity index (χ0) is 17.0. The molecule has 1 heterocycles. The maximum atomic E-state index is 11.9. The molecule has 7 nitrogen and oxygen atoms in total. The van der Waals surface area contributed by atoms with Crippen molar-refractivity contribution >= 4 is 17.4 Å². The van der Waals surface area contributed by atoms with Gasteiger partial charge in [-0.05, 0) is 31.2 Å². The molecule has 2 rings (SSSR count). The Bertz CT molecular complexity index is 661. The van der Waals surface area contributed by atoms with Gasteiger partial charge in [0.05, 0.1) is 12.7 Å². The standard InChI is InChI=1S/C16H23N5O2/c1-16(23,12-9-18-21(4)10-12)11-17-15(22)19-13-5-7-14(8-6-13)20(2)3/h5-10,23H,11H2,1-4H3,(H2,17,19,22). The lowest BCUT2D eigenvalue weighted by Crippen LogP contribution is -2.40. The van der Waals surface area contributed by atoms with Crippen LogP contribution in [0.2, 0.25) is 0 Å². The van der Waals surface area contributed by atoms with E-state index in [1.54, 1.807) is 31.0 Å². The third kappa shape index (κ3) is 4.46. The van der Waals surface area contributed by atoms with Crippen molar-refractivity contribution in [2.75, 3.05) is 30.9 Å². The van der Waals surface area contributed by atoms with Crippen LogP contribution in [0.1, 0.15) is 12.5 Å². The van der Waals surface area contributed by atoms with Gasteiger partial charge in [-0.25, -0.2) is 4.79 Å². The summed E-state index contributed by atoms with van der Waals surface area (Å²) in [7, 11) is 5.68. The number of carbonyl (C=O) groups is 1. The number of anilines is 2. The molecule has 124 valence electrons. The van der Waals surface area contributed by atoms with E-state index in [0.29, 0.717) is 11.3 Å². The number of aromatic nitrogens is 2. The van der Waals surface area contributed by atoms with Crippen LogP contribution in [0.5, 0.6) is 0 Å². The zero-order valence-electron chi connectivity index (χ0n) is 13.9. The minimum Gasteiger partial charge on any atom is -0.383 e. The van der Waals surface area contributed by atoms with Crippen LogP contribution in [0.15, 0.2) is 36.7 Å². The predicted molar refractivity (Wildman–Crippen MR) is 90.6 cm³/mol. The quantitative estimate of drug-likeness (QED) is 0.781. The molecular formula is C16H23N5O2. The van der Waals surface area contributed by atoms with E-state index in [4.69, 9.17) is 0 Å². The molecule has 23 heavy (non-hydrogen) atoms. The van der Waals surface area contributed by atoms with Crippen molar-refractivity contribution in [1.29, 1.82) is 0 Å². The zero-order valence-corrected chi connectivity index (χ0v) is 13.9. The Labute approximate surface area is 135 Å². The normalized spacial score (nSPS) is 13.3. The first-order valence-electron chi connectivity index (χ1n) is 7.32. The Morgan fingerprint density at radius 2 is 2.00 bits per heavy atom. The van der Waals surface area contributed by atoms with Gasteiger partial charge < -0.3 is 20.6 Å². The van der Waals surface area contributed by atoms with Gasteiger partial charge in [0, 0.05) is 44.3 Å². The Morgan fingerprint density at radius 1 is 1.35 bits per heavy atom. The van der Waals surface area contributed by atoms with Gasteiger partial charge in [-0.2, -0.15) is 5.10 Å². The number of rotatable bonds is 5. The van der Waals surface area contributed by atoms with E-state index in [-0.39, 0.29) is 12.6 Å². The molecule has 0 spiro atoms. The molecule has 2 aromatic rings. The van der Waals surface area contributed by atoms with Crippen LogP contribution in [-0.2, 0) is 12.6 Å². The van der Waals surface area contributed by atoms with E-state index in [1.807, 2.05) is 43.3 Å². The Morgan fingerprint density at radius 3 is 2.52 bits per heavy atom. The fourth-order valence-corrected chi connectivity index (χ4v) is 2.07. The highest BCUT2D eigenvalue weighted by atomic mass is 16.3. The maximum absolute atomic E-state index is 11.9. The van der Waals surface area contributed by atoms with Crippen molar-refractivity contribution in [3.8, 4) is 0 Å². The van der Waals surface area contributed by atoms with Crippen LogP contribution in [-0.4, -0.2) is 41.6 Å². The summed E-state index contributed by atoms with van der Waals surface area (Å²) >= 11 is 0. The van der Waals surface area contributed by atoms with E-state index in [9.17, 15) is 9.90 Å². The number of hydrogen-bond donors (Lipinski definition) is 3. The molecule has 1 aromatic carbocycles. The van der Waals surface area contributed by atoms with Crippen molar-refractivity contribution in [3.05, 3.63) is 42.2 Å². The first kappa shape index (κ1) is 16.8. The molecule has 0 radical (unpaired) electrons. The molecule has 7 heteroatoms. The molecule has 0 aliphatic carbocycles. The second-order valence-corrected chi connectivity index (χ2v) is 5.93. The number of benzene rings is 1. The van der Waals surface area contributed by atoms with Crippen molar-refractivity contribution in [1.82, 2.24) is 15.1 Å². The average Bonchev–Trinajstić information content (AvgIpc) is 2.93. The summed E-state index contributed by atoms with van der Waals surface area (Å²) in [6.45, 7) is 1.72. The second-order valence-electron chi connectivity index (χ2n) is 5.93. The van der Waals surface area contributed by atoms with Gasteiger partial charge >= 0.3 is 6.03 Å². The van der Waals surface area contributed by atoms with Crippen LogP contribution in [0, 0.1) is 0 Å². The summed E-state index contributed by atoms with van der Waals surface area (Å²) in [5, 5.41) is 19.8. The first-order valence-corrected chi connectivity index (χ1v) is 7.32. The predicted octanol–water partition coefficient (Wildman–Crippen LogP) is 1.52. The third-order valence-corrected chi connectivity index (χ3v) is 3.56. The minimum atomic E-state index is -1.18. The molecular weight excluding hydrogens is 294 g/mol. The van der Waals surface area contributed by atoms with Gasteiger partial charge in [0.25, 0.3) is 0 Å². The maximum Gasteiger partial charge on any atom is 0.319 e. The van der Waals surface area contributed by atoms with E-state index < -0.39 is 5.60 Å². The SMILES string of the molecule is CN(C)c1ccc(NC(=O)NCC(C)(O)c2cnn(C)c2)cc1. The fourth-order valence-electron chi connectivity index (χ4n) is 2.07. The summed E-state index contributed by atoms with van der Waals surface area (Å²) in [6.07, 6.45) is 3.30. The van der Waals surface area contributed by atoms with E-state index >= 15 is 0 Å². The molecule has 1 aromatic heterocycles. The number of aryl methyl sites for hydroxylation is 1. The summed E-state index contributed by atoms with van der Waals surface area (Å²) in [4.78, 5) is 13.9. The Kier molecular flexibility index (Phi) is 4.90. The van der Waals surface area contributed by atoms with Gasteiger partial charge in [0.1, 0.15) is 5.60 Å². The fraction of sp³-hybridized carbons (Fsp3) is 0.375. The first-order chi connectivity index (χ1) is 10.8. The van der Waals surface area contributed by atoms with Crippen LogP contribution < -0.4 is 15.5 Å². The lowest BCUT2D eigenvalue weighted by molar-refractivity contribution is 0.0599. The number of urea groups is 1. The Balaban J connectivity index is 1.89.